The Hall–Kier alpha value is -1.28. The van der Waals surface area contributed by atoms with E-state index >= 15 is 0 Å². The molecule has 0 aromatic rings. The lowest BCUT2D eigenvalue weighted by Gasteiger charge is -2.25. The third-order valence-electron chi connectivity index (χ3n) is 8.10. The van der Waals surface area contributed by atoms with Crippen LogP contribution in [-0.4, -0.2) is 73.4 Å². The van der Waals surface area contributed by atoms with Gasteiger partial charge in [0, 0.05) is 6.42 Å². The van der Waals surface area contributed by atoms with Crippen LogP contribution in [0, 0.1) is 0 Å². The number of hydrogen-bond donors (Lipinski definition) is 3. The van der Waals surface area contributed by atoms with E-state index in [4.69, 9.17) is 9.05 Å². The fourth-order valence-electron chi connectivity index (χ4n) is 5.01. The van der Waals surface area contributed by atoms with E-state index in [0.29, 0.717) is 17.4 Å². The molecule has 1 amide bonds. The molecular formula is C38H74N2O6P+. The highest BCUT2D eigenvalue weighted by atomic mass is 31.2. The second-order valence-electron chi connectivity index (χ2n) is 13.9. The summed E-state index contributed by atoms with van der Waals surface area (Å²) in [5, 5.41) is 13.7. The number of nitrogens with one attached hydrogen (secondary N) is 1. The molecule has 0 saturated heterocycles. The van der Waals surface area contributed by atoms with Crippen molar-refractivity contribution >= 4 is 13.7 Å². The summed E-state index contributed by atoms with van der Waals surface area (Å²) in [5.74, 6) is -0.196. The van der Waals surface area contributed by atoms with Crippen molar-refractivity contribution in [3.8, 4) is 0 Å². The van der Waals surface area contributed by atoms with Crippen LogP contribution in [0.5, 0.6) is 0 Å². The summed E-state index contributed by atoms with van der Waals surface area (Å²) in [6.45, 7) is 4.72. The molecule has 47 heavy (non-hydrogen) atoms. The lowest BCUT2D eigenvalue weighted by molar-refractivity contribution is -0.870. The van der Waals surface area contributed by atoms with E-state index in [1.165, 1.54) is 64.2 Å². The predicted molar refractivity (Wildman–Crippen MR) is 198 cm³/mol. The van der Waals surface area contributed by atoms with Crippen molar-refractivity contribution in [1.29, 1.82) is 0 Å². The van der Waals surface area contributed by atoms with Crippen LogP contribution < -0.4 is 5.32 Å². The number of aliphatic hydroxyl groups is 1. The molecule has 0 fully saturated rings. The minimum absolute atomic E-state index is 0.0577. The molecule has 3 N–H and O–H groups in total. The number of aliphatic hydroxyl groups excluding tert-OH is 1. The first-order valence-corrected chi connectivity index (χ1v) is 20.4. The smallest absolute Gasteiger partial charge is 0.387 e. The second kappa shape index (κ2) is 30.8. The number of likely N-dealkylation sites (N-methyl/N-ethyl adjacent to an activating group) is 1. The highest BCUT2D eigenvalue weighted by Crippen LogP contribution is 2.43. The number of carbonyl (C=O) groups is 1. The number of carbonyl (C=O) groups excluding carboxylic acids is 1. The van der Waals surface area contributed by atoms with Crippen molar-refractivity contribution < 1.29 is 32.9 Å². The van der Waals surface area contributed by atoms with Crippen molar-refractivity contribution in [2.24, 2.45) is 0 Å². The summed E-state index contributed by atoms with van der Waals surface area (Å²) in [6, 6.07) is -0.849. The molecule has 0 saturated carbocycles. The van der Waals surface area contributed by atoms with Crippen molar-refractivity contribution in [2.45, 2.75) is 161 Å². The SMILES string of the molecule is CCCCC/C=C/C/C=C/CCCCCCCC(=O)N[C@@H](COP(=O)(O)OCC[N+](C)(C)C)[C@H](O)/C=C/CCCCCCCCCC. The van der Waals surface area contributed by atoms with Gasteiger partial charge >= 0.3 is 7.82 Å². The number of phosphoric ester groups is 1. The van der Waals surface area contributed by atoms with Crippen LogP contribution in [0.3, 0.4) is 0 Å². The highest BCUT2D eigenvalue weighted by Gasteiger charge is 2.27. The van der Waals surface area contributed by atoms with E-state index in [9.17, 15) is 19.4 Å². The zero-order valence-corrected chi connectivity index (χ0v) is 31.9. The topological polar surface area (TPSA) is 105 Å². The fraction of sp³-hybridized carbons (Fsp3) is 0.816. The summed E-state index contributed by atoms with van der Waals surface area (Å²) in [6.07, 6.45) is 34.9. The average Bonchev–Trinajstić information content (AvgIpc) is 3.01. The van der Waals surface area contributed by atoms with E-state index in [2.05, 4.69) is 43.5 Å². The second-order valence-corrected chi connectivity index (χ2v) is 15.4. The number of hydrogen-bond acceptors (Lipinski definition) is 5. The van der Waals surface area contributed by atoms with Gasteiger partial charge in [0.15, 0.2) is 0 Å². The molecule has 0 radical (unpaired) electrons. The fourth-order valence-corrected chi connectivity index (χ4v) is 5.75. The van der Waals surface area contributed by atoms with Crippen molar-refractivity contribution in [3.63, 3.8) is 0 Å². The van der Waals surface area contributed by atoms with Gasteiger partial charge in [0.2, 0.25) is 5.91 Å². The summed E-state index contributed by atoms with van der Waals surface area (Å²) in [5.41, 5.74) is 0. The molecule has 0 bridgehead atoms. The summed E-state index contributed by atoms with van der Waals surface area (Å²) in [4.78, 5) is 22.9. The molecule has 8 nitrogen and oxygen atoms in total. The Bertz CT molecular complexity index is 871. The summed E-state index contributed by atoms with van der Waals surface area (Å²) < 4.78 is 23.4. The maximum atomic E-state index is 12.8. The Balaban J connectivity index is 4.55. The number of rotatable bonds is 33. The van der Waals surface area contributed by atoms with E-state index in [-0.39, 0.29) is 19.1 Å². The Morgan fingerprint density at radius 3 is 1.79 bits per heavy atom. The van der Waals surface area contributed by atoms with Crippen LogP contribution >= 0.6 is 7.82 Å². The van der Waals surface area contributed by atoms with E-state index in [1.54, 1.807) is 6.08 Å². The van der Waals surface area contributed by atoms with Crippen molar-refractivity contribution in [2.75, 3.05) is 40.9 Å². The molecule has 0 rings (SSSR count). The molecule has 276 valence electrons. The Labute approximate surface area is 289 Å². The minimum Gasteiger partial charge on any atom is -0.387 e. The zero-order chi connectivity index (χ0) is 35.1. The number of quaternary nitrogens is 1. The molecule has 0 aromatic heterocycles. The first kappa shape index (κ1) is 45.7. The number of allylic oxidation sites excluding steroid dienone is 5. The molecule has 0 aliphatic heterocycles. The van der Waals surface area contributed by atoms with Crippen LogP contribution in [0.4, 0.5) is 0 Å². The van der Waals surface area contributed by atoms with Crippen LogP contribution in [0.15, 0.2) is 36.5 Å². The minimum atomic E-state index is -4.33. The molecule has 0 aliphatic rings. The van der Waals surface area contributed by atoms with Crippen LogP contribution in [0.2, 0.25) is 0 Å². The normalized spacial score (nSPS) is 15.1. The molecule has 1 unspecified atom stereocenters. The van der Waals surface area contributed by atoms with Gasteiger partial charge in [-0.15, -0.1) is 0 Å². The third-order valence-corrected chi connectivity index (χ3v) is 9.09. The van der Waals surface area contributed by atoms with Gasteiger partial charge in [-0.25, -0.2) is 4.57 Å². The average molecular weight is 686 g/mol. The lowest BCUT2D eigenvalue weighted by atomic mass is 10.1. The van der Waals surface area contributed by atoms with Gasteiger partial charge in [-0.3, -0.25) is 13.8 Å². The van der Waals surface area contributed by atoms with Crippen molar-refractivity contribution in [1.82, 2.24) is 5.32 Å². The third kappa shape index (κ3) is 33.0. The zero-order valence-electron chi connectivity index (χ0n) is 31.0. The Morgan fingerprint density at radius 1 is 0.723 bits per heavy atom. The molecule has 0 aliphatic carbocycles. The predicted octanol–water partition coefficient (Wildman–Crippen LogP) is 9.57. The van der Waals surface area contributed by atoms with Gasteiger partial charge in [0.1, 0.15) is 13.2 Å². The number of amides is 1. The summed E-state index contributed by atoms with van der Waals surface area (Å²) >= 11 is 0. The summed E-state index contributed by atoms with van der Waals surface area (Å²) in [7, 11) is 1.55. The molecular weight excluding hydrogens is 611 g/mol. The molecule has 0 aromatic carbocycles. The first-order valence-electron chi connectivity index (χ1n) is 18.9. The number of phosphoric acid groups is 1. The monoisotopic (exact) mass is 686 g/mol. The van der Waals surface area contributed by atoms with Gasteiger partial charge in [0.25, 0.3) is 0 Å². The standard InChI is InChI=1S/C38H73N2O6P/c1-6-8-10-12-14-16-18-19-20-21-22-24-26-28-30-32-38(42)39-36(35-46-47(43,44)45-34-33-40(3,4)5)37(41)31-29-27-25-23-17-15-13-11-9-7-2/h14,16,19-20,29,31,36-37,41H,6-13,15,17-18,21-28,30,32-35H2,1-5H3,(H-,39,42,43,44)/p+1/b16-14+,20-19+,31-29+/t36-,37+/m0/s1. The first-order chi connectivity index (χ1) is 22.5. The van der Waals surface area contributed by atoms with Gasteiger partial charge in [-0.2, -0.15) is 0 Å². The van der Waals surface area contributed by atoms with Gasteiger partial charge in [-0.1, -0.05) is 127 Å². The lowest BCUT2D eigenvalue weighted by Crippen LogP contribution is -2.45. The number of unbranched alkanes of at least 4 members (excludes halogenated alkanes) is 16. The molecule has 9 heteroatoms. The van der Waals surface area contributed by atoms with Crippen LogP contribution in [0.1, 0.15) is 149 Å². The van der Waals surface area contributed by atoms with Gasteiger partial charge in [0.05, 0.1) is 39.9 Å². The molecule has 3 atom stereocenters. The molecule has 0 spiro atoms. The maximum absolute atomic E-state index is 12.8. The van der Waals surface area contributed by atoms with Crippen LogP contribution in [-0.2, 0) is 18.4 Å². The highest BCUT2D eigenvalue weighted by molar-refractivity contribution is 7.47. The Kier molecular flexibility index (Phi) is 29.9. The van der Waals surface area contributed by atoms with E-state index in [1.807, 2.05) is 27.2 Å². The van der Waals surface area contributed by atoms with E-state index < -0.39 is 20.0 Å². The van der Waals surface area contributed by atoms with E-state index in [0.717, 1.165) is 64.2 Å². The van der Waals surface area contributed by atoms with Gasteiger partial charge in [-0.05, 0) is 51.4 Å². The quantitative estimate of drug-likeness (QED) is 0.0275. The van der Waals surface area contributed by atoms with Crippen LogP contribution in [0.25, 0.3) is 0 Å². The number of nitrogens with zero attached hydrogens (tertiary/aromatic N) is 1. The Morgan fingerprint density at radius 2 is 1.21 bits per heavy atom. The van der Waals surface area contributed by atoms with Gasteiger partial charge < -0.3 is 19.8 Å². The van der Waals surface area contributed by atoms with Crippen molar-refractivity contribution in [3.05, 3.63) is 36.5 Å². The largest absolute Gasteiger partial charge is 0.472 e. The maximum Gasteiger partial charge on any atom is 0.472 e. The molecule has 0 heterocycles.